The van der Waals surface area contributed by atoms with Gasteiger partial charge >= 0.3 is 0 Å². The van der Waals surface area contributed by atoms with E-state index < -0.39 is 21.8 Å². The number of nitrogens with zero attached hydrogens (tertiary/aromatic N) is 1. The fraction of sp³-hybridized carbons (Fsp3) is 0.467. The maximum Gasteiger partial charge on any atom is 0.261 e. The Bertz CT molecular complexity index is 766. The fourth-order valence-corrected chi connectivity index (χ4v) is 4.32. The number of aliphatic hydroxyl groups is 1. The van der Waals surface area contributed by atoms with E-state index in [1.807, 2.05) is 0 Å². The molecule has 1 fully saturated rings. The zero-order valence-electron chi connectivity index (χ0n) is 12.7. The smallest absolute Gasteiger partial charge is 0.261 e. The van der Waals surface area contributed by atoms with Crippen molar-refractivity contribution in [2.24, 2.45) is 0 Å². The van der Waals surface area contributed by atoms with Crippen molar-refractivity contribution in [1.82, 2.24) is 9.62 Å². The molecule has 0 spiro atoms. The van der Waals surface area contributed by atoms with E-state index in [4.69, 9.17) is 0 Å². The third-order valence-corrected chi connectivity index (χ3v) is 5.91. The molecular formula is C15H18N2O5S. The molecule has 8 heteroatoms. The van der Waals surface area contributed by atoms with E-state index >= 15 is 0 Å². The zero-order valence-corrected chi connectivity index (χ0v) is 13.5. The standard InChI is InChI=1S/C15H18N2O5S/c1-17-14(19)12-7-6-11(8-13(12)15(17)20)23(21,22)16-9-2-4-10(18)5-3-9/h6-10,16,18H,2-5H2,1H3. The van der Waals surface area contributed by atoms with E-state index in [0.29, 0.717) is 25.7 Å². The Hall–Kier alpha value is -1.77. The van der Waals surface area contributed by atoms with Crippen LogP contribution in [0.15, 0.2) is 23.1 Å². The number of imide groups is 1. The van der Waals surface area contributed by atoms with Crippen LogP contribution in [0.5, 0.6) is 0 Å². The molecule has 0 bridgehead atoms. The first-order chi connectivity index (χ1) is 10.8. The molecule has 2 N–H and O–H groups in total. The lowest BCUT2D eigenvalue weighted by Crippen LogP contribution is -2.38. The molecule has 0 aromatic heterocycles. The minimum atomic E-state index is -3.77. The molecule has 124 valence electrons. The molecule has 2 amide bonds. The van der Waals surface area contributed by atoms with Crippen LogP contribution in [0.3, 0.4) is 0 Å². The highest BCUT2D eigenvalue weighted by atomic mass is 32.2. The Morgan fingerprint density at radius 1 is 1.09 bits per heavy atom. The Kier molecular flexibility index (Phi) is 3.99. The van der Waals surface area contributed by atoms with Gasteiger partial charge in [0.2, 0.25) is 10.0 Å². The molecular weight excluding hydrogens is 320 g/mol. The first-order valence-corrected chi connectivity index (χ1v) is 8.95. The molecule has 0 atom stereocenters. The summed E-state index contributed by atoms with van der Waals surface area (Å²) in [6, 6.07) is 3.73. The molecule has 1 aliphatic carbocycles. The fourth-order valence-electron chi connectivity index (χ4n) is 2.99. The first-order valence-electron chi connectivity index (χ1n) is 7.46. The van der Waals surface area contributed by atoms with Crippen molar-refractivity contribution in [3.63, 3.8) is 0 Å². The van der Waals surface area contributed by atoms with E-state index in [2.05, 4.69) is 4.72 Å². The first kappa shape index (κ1) is 16.1. The Morgan fingerprint density at radius 3 is 2.35 bits per heavy atom. The van der Waals surface area contributed by atoms with Crippen molar-refractivity contribution in [2.75, 3.05) is 7.05 Å². The van der Waals surface area contributed by atoms with E-state index in [9.17, 15) is 23.1 Å². The quantitative estimate of drug-likeness (QED) is 0.781. The van der Waals surface area contributed by atoms with Gasteiger partial charge in [0, 0.05) is 13.1 Å². The molecule has 2 aliphatic rings. The van der Waals surface area contributed by atoms with Crippen LogP contribution in [-0.2, 0) is 10.0 Å². The van der Waals surface area contributed by atoms with E-state index in [1.54, 1.807) is 0 Å². The molecule has 3 rings (SSSR count). The monoisotopic (exact) mass is 338 g/mol. The highest BCUT2D eigenvalue weighted by Crippen LogP contribution is 2.26. The molecule has 7 nitrogen and oxygen atoms in total. The molecule has 23 heavy (non-hydrogen) atoms. The van der Waals surface area contributed by atoms with Crippen LogP contribution in [0, 0.1) is 0 Å². The van der Waals surface area contributed by atoms with Gasteiger partial charge in [0.25, 0.3) is 11.8 Å². The topological polar surface area (TPSA) is 104 Å². The summed E-state index contributed by atoms with van der Waals surface area (Å²) in [5.41, 5.74) is 0.330. The third kappa shape index (κ3) is 2.89. The summed E-state index contributed by atoms with van der Waals surface area (Å²) in [5.74, 6) is -0.925. The number of benzene rings is 1. The van der Waals surface area contributed by atoms with Gasteiger partial charge in [0.15, 0.2) is 0 Å². The second-order valence-corrected chi connectivity index (χ2v) is 7.72. The third-order valence-electron chi connectivity index (χ3n) is 4.39. The summed E-state index contributed by atoms with van der Waals surface area (Å²) in [6.45, 7) is 0. The van der Waals surface area contributed by atoms with Crippen LogP contribution in [0.4, 0.5) is 0 Å². The minimum absolute atomic E-state index is 0.0289. The van der Waals surface area contributed by atoms with Crippen molar-refractivity contribution in [3.05, 3.63) is 29.3 Å². The average molecular weight is 338 g/mol. The van der Waals surface area contributed by atoms with Crippen molar-refractivity contribution in [3.8, 4) is 0 Å². The molecule has 0 saturated heterocycles. The van der Waals surface area contributed by atoms with Gasteiger partial charge in [-0.25, -0.2) is 13.1 Å². The highest BCUT2D eigenvalue weighted by Gasteiger charge is 2.34. The van der Waals surface area contributed by atoms with Gasteiger partial charge in [-0.15, -0.1) is 0 Å². The molecule has 1 aromatic carbocycles. The summed E-state index contributed by atoms with van der Waals surface area (Å²) < 4.78 is 27.5. The van der Waals surface area contributed by atoms with Gasteiger partial charge in [-0.05, 0) is 43.9 Å². The van der Waals surface area contributed by atoms with Crippen molar-refractivity contribution < 1.29 is 23.1 Å². The van der Waals surface area contributed by atoms with Crippen LogP contribution < -0.4 is 4.72 Å². The predicted molar refractivity (Wildman–Crippen MR) is 81.5 cm³/mol. The summed E-state index contributed by atoms with van der Waals surface area (Å²) >= 11 is 0. The number of hydrogen-bond donors (Lipinski definition) is 2. The number of sulfonamides is 1. The zero-order chi connectivity index (χ0) is 16.8. The number of amides is 2. The number of rotatable bonds is 3. The summed E-state index contributed by atoms with van der Waals surface area (Å²) in [6.07, 6.45) is 1.91. The van der Waals surface area contributed by atoms with Crippen molar-refractivity contribution >= 4 is 21.8 Å². The van der Waals surface area contributed by atoms with Gasteiger partial charge in [-0.3, -0.25) is 14.5 Å². The largest absolute Gasteiger partial charge is 0.393 e. The SMILES string of the molecule is CN1C(=O)c2ccc(S(=O)(=O)NC3CCC(O)CC3)cc2C1=O. The second-order valence-electron chi connectivity index (χ2n) is 6.00. The summed E-state index contributed by atoms with van der Waals surface area (Å²) in [5, 5.41) is 9.48. The van der Waals surface area contributed by atoms with Crippen LogP contribution in [0.2, 0.25) is 0 Å². The van der Waals surface area contributed by atoms with Crippen LogP contribution in [-0.4, -0.2) is 49.4 Å². The maximum absolute atomic E-state index is 12.5. The number of nitrogens with one attached hydrogen (secondary N) is 1. The predicted octanol–water partition coefficient (Wildman–Crippen LogP) is 0.494. The van der Waals surface area contributed by atoms with Crippen LogP contribution >= 0.6 is 0 Å². The van der Waals surface area contributed by atoms with Crippen molar-refractivity contribution in [2.45, 2.75) is 42.7 Å². The normalized spacial score (nSPS) is 24.9. The highest BCUT2D eigenvalue weighted by molar-refractivity contribution is 7.89. The number of carbonyl (C=O) groups is 2. The second kappa shape index (κ2) is 5.70. The number of fused-ring (bicyclic) bond motifs is 1. The lowest BCUT2D eigenvalue weighted by atomic mass is 9.94. The van der Waals surface area contributed by atoms with Gasteiger partial charge < -0.3 is 5.11 Å². The van der Waals surface area contributed by atoms with Crippen molar-refractivity contribution in [1.29, 1.82) is 0 Å². The van der Waals surface area contributed by atoms with E-state index in [-0.39, 0.29) is 28.2 Å². The number of hydrogen-bond acceptors (Lipinski definition) is 5. The van der Waals surface area contributed by atoms with Gasteiger partial charge in [0.05, 0.1) is 22.1 Å². The lowest BCUT2D eigenvalue weighted by molar-refractivity contribution is 0.0693. The molecule has 1 heterocycles. The van der Waals surface area contributed by atoms with E-state index in [1.165, 1.54) is 25.2 Å². The number of aliphatic hydroxyl groups excluding tert-OH is 1. The van der Waals surface area contributed by atoms with Gasteiger partial charge in [-0.1, -0.05) is 0 Å². The molecule has 1 aromatic rings. The minimum Gasteiger partial charge on any atom is -0.393 e. The van der Waals surface area contributed by atoms with Crippen LogP contribution in [0.1, 0.15) is 46.4 Å². The maximum atomic E-state index is 12.5. The number of carbonyl (C=O) groups excluding carboxylic acids is 2. The molecule has 0 radical (unpaired) electrons. The Balaban J connectivity index is 1.85. The molecule has 1 saturated carbocycles. The summed E-state index contributed by atoms with van der Waals surface area (Å²) in [4.78, 5) is 24.7. The molecule has 0 unspecified atom stereocenters. The van der Waals surface area contributed by atoms with E-state index in [0.717, 1.165) is 4.90 Å². The lowest BCUT2D eigenvalue weighted by Gasteiger charge is -2.26. The Labute approximate surface area is 134 Å². The van der Waals surface area contributed by atoms with Gasteiger partial charge in [-0.2, -0.15) is 0 Å². The van der Waals surface area contributed by atoms with Gasteiger partial charge in [0.1, 0.15) is 0 Å². The average Bonchev–Trinajstić information content (AvgIpc) is 2.74. The Morgan fingerprint density at radius 2 is 1.70 bits per heavy atom. The molecule has 1 aliphatic heterocycles. The summed E-state index contributed by atoms with van der Waals surface area (Å²) in [7, 11) is -2.41. The van der Waals surface area contributed by atoms with Crippen LogP contribution in [0.25, 0.3) is 0 Å².